The van der Waals surface area contributed by atoms with Crippen LogP contribution in [0.15, 0.2) is 48.8 Å². The summed E-state index contributed by atoms with van der Waals surface area (Å²) in [6.45, 7) is 4.35. The lowest BCUT2D eigenvalue weighted by atomic mass is 9.91. The first kappa shape index (κ1) is 27.2. The monoisotopic (exact) mass is 555 g/mol. The minimum absolute atomic E-state index is 0.0197. The summed E-state index contributed by atoms with van der Waals surface area (Å²) in [5.41, 5.74) is 5.70. The van der Waals surface area contributed by atoms with E-state index in [1.165, 1.54) is 9.08 Å². The molecule has 6 rings (SSSR count). The molecule has 0 saturated heterocycles. The molecule has 4 heterocycles. The van der Waals surface area contributed by atoms with Crippen molar-refractivity contribution in [1.82, 2.24) is 14.2 Å². The predicted octanol–water partition coefficient (Wildman–Crippen LogP) is 6.62. The number of ketones is 1. The molecule has 0 unspecified atom stereocenters. The van der Waals surface area contributed by atoms with Crippen LogP contribution >= 0.6 is 0 Å². The average Bonchev–Trinajstić information content (AvgIpc) is 3.48. The Morgan fingerprint density at radius 3 is 2.38 bits per heavy atom. The highest BCUT2D eigenvalue weighted by molar-refractivity contribution is 6.11. The number of fused-ring (bicyclic) bond motifs is 4. The molecule has 0 saturated carbocycles. The van der Waals surface area contributed by atoms with Gasteiger partial charge in [0.1, 0.15) is 17.3 Å². The molecule has 2 N–H and O–H groups in total. The molecule has 11 heteroatoms. The zero-order valence-electron chi connectivity index (χ0n) is 22.2. The van der Waals surface area contributed by atoms with E-state index in [-0.39, 0.29) is 22.4 Å². The zero-order chi connectivity index (χ0) is 29.1. The summed E-state index contributed by atoms with van der Waals surface area (Å²) in [5.74, 6) is -2.83. The maximum atomic E-state index is 14.5. The number of nitrogens with two attached hydrogens (primary N) is 1. The second kappa shape index (κ2) is 9.65. The van der Waals surface area contributed by atoms with Gasteiger partial charge >= 0.3 is 6.18 Å². The van der Waals surface area contributed by atoms with Gasteiger partial charge in [0.25, 0.3) is 0 Å². The third kappa shape index (κ3) is 4.07. The molecular weight excluding hydrogens is 529 g/mol. The Kier molecular flexibility index (Phi) is 6.56. The number of hydrogen-bond acceptors (Lipinski definition) is 4. The van der Waals surface area contributed by atoms with E-state index in [2.05, 4.69) is 5.10 Å². The van der Waals surface area contributed by atoms with Crippen molar-refractivity contribution in [2.75, 3.05) is 24.2 Å². The molecule has 0 bridgehead atoms. The number of hydrogen-bond donors (Lipinski definition) is 1. The normalized spacial score (nSPS) is 13.1. The number of aromatic nitrogens is 3. The number of pyridine rings is 1. The van der Waals surface area contributed by atoms with Gasteiger partial charge in [-0.05, 0) is 42.3 Å². The van der Waals surface area contributed by atoms with Crippen LogP contribution in [0.3, 0.4) is 0 Å². The number of carbonyl (C=O) groups is 1. The Labute approximate surface area is 226 Å². The third-order valence-corrected chi connectivity index (χ3v) is 7.14. The van der Waals surface area contributed by atoms with Crippen LogP contribution in [0, 0.1) is 11.6 Å². The molecule has 5 aromatic rings. The molecule has 6 nitrogen and oxygen atoms in total. The number of halogens is 5. The largest absolute Gasteiger partial charge is 0.417 e. The maximum absolute atomic E-state index is 14.5. The fraction of sp³-hybridized carbons (Fsp3) is 0.241. The second-order valence-electron chi connectivity index (χ2n) is 9.40. The molecule has 0 fully saturated rings. The van der Waals surface area contributed by atoms with E-state index in [0.717, 1.165) is 18.2 Å². The number of nitrogens with zero attached hydrogens (tertiary/aromatic N) is 4. The summed E-state index contributed by atoms with van der Waals surface area (Å²) in [7, 11) is 3.31. The van der Waals surface area contributed by atoms with Gasteiger partial charge in [0, 0.05) is 48.9 Å². The van der Waals surface area contributed by atoms with Crippen LogP contribution in [0.25, 0.3) is 27.5 Å². The van der Waals surface area contributed by atoms with E-state index in [1.807, 2.05) is 13.8 Å². The van der Waals surface area contributed by atoms with Crippen molar-refractivity contribution in [3.63, 3.8) is 0 Å². The second-order valence-corrected chi connectivity index (χ2v) is 9.40. The first-order valence-electron chi connectivity index (χ1n) is 12.7. The van der Waals surface area contributed by atoms with E-state index in [4.69, 9.17) is 5.73 Å². The van der Waals surface area contributed by atoms with Gasteiger partial charge in [-0.15, -0.1) is 0 Å². The lowest BCUT2D eigenvalue weighted by Crippen LogP contribution is -2.24. The van der Waals surface area contributed by atoms with Crippen LogP contribution in [0.5, 0.6) is 0 Å². The van der Waals surface area contributed by atoms with Gasteiger partial charge in [-0.25, -0.2) is 8.78 Å². The lowest BCUT2D eigenvalue weighted by Gasteiger charge is -2.29. The van der Waals surface area contributed by atoms with Crippen LogP contribution in [0.2, 0.25) is 0 Å². The Hall–Kier alpha value is -4.41. The standard InChI is InChI=1S/C27H20F5N5O.C2H6/c1-35-7-5-13-10-21(26(38)14-8-18(28)23(33)19(29)9-14)37-6-3-4-15(24(13)37)22-17(27(30,31)32)11-20-16(25(22)35)12-34-36(20)2;1-2/h3-4,6,8-12H,5,7,33H2,1-2H3;1-2H3. The minimum atomic E-state index is -4.68. The van der Waals surface area contributed by atoms with Crippen molar-refractivity contribution < 1.29 is 26.7 Å². The molecular formula is C29H26F5N5O. The average molecular weight is 556 g/mol. The van der Waals surface area contributed by atoms with Crippen molar-refractivity contribution in [3.05, 3.63) is 82.8 Å². The topological polar surface area (TPSA) is 68.6 Å². The fourth-order valence-electron chi connectivity index (χ4n) is 5.33. The zero-order valence-corrected chi connectivity index (χ0v) is 22.2. The van der Waals surface area contributed by atoms with Crippen molar-refractivity contribution in [3.8, 4) is 11.1 Å². The van der Waals surface area contributed by atoms with Gasteiger partial charge < -0.3 is 15.0 Å². The number of rotatable bonds is 2. The summed E-state index contributed by atoms with van der Waals surface area (Å²) in [6.07, 6.45) is -1.17. The predicted molar refractivity (Wildman–Crippen MR) is 145 cm³/mol. The maximum Gasteiger partial charge on any atom is 0.417 e. The number of aryl methyl sites for hydroxylation is 1. The van der Waals surface area contributed by atoms with Gasteiger partial charge in [-0.3, -0.25) is 9.48 Å². The molecule has 1 aliphatic heterocycles. The van der Waals surface area contributed by atoms with Crippen LogP contribution in [0.4, 0.5) is 33.3 Å². The van der Waals surface area contributed by atoms with E-state index in [1.54, 1.807) is 49.6 Å². The smallest absolute Gasteiger partial charge is 0.394 e. The molecule has 2 aromatic carbocycles. The fourth-order valence-corrected chi connectivity index (χ4v) is 5.33. The van der Waals surface area contributed by atoms with Gasteiger partial charge in [0.15, 0.2) is 0 Å². The molecule has 3 aromatic heterocycles. The number of anilines is 2. The summed E-state index contributed by atoms with van der Waals surface area (Å²) >= 11 is 0. The number of alkyl halides is 3. The van der Waals surface area contributed by atoms with E-state index in [9.17, 15) is 26.7 Å². The summed E-state index contributed by atoms with van der Waals surface area (Å²) in [6, 6.07) is 7.51. The Morgan fingerprint density at radius 2 is 1.73 bits per heavy atom. The first-order valence-corrected chi connectivity index (χ1v) is 12.7. The highest BCUT2D eigenvalue weighted by Crippen LogP contribution is 2.48. The SMILES string of the molecule is CC.CN1CCc2cc(C(=O)c3cc(F)c(N)c(F)c3)n3cccc(c23)-c2c(C(F)(F)F)cc3c(cnn3C)c21. The highest BCUT2D eigenvalue weighted by Gasteiger charge is 2.38. The number of carbonyl (C=O) groups excluding carboxylic acids is 1. The van der Waals surface area contributed by atoms with Crippen LogP contribution in [0.1, 0.15) is 41.0 Å². The molecule has 0 spiro atoms. The molecule has 0 aliphatic carbocycles. The van der Waals surface area contributed by atoms with Gasteiger partial charge in [0.05, 0.1) is 34.2 Å². The van der Waals surface area contributed by atoms with Gasteiger partial charge in [0.2, 0.25) is 5.78 Å². The van der Waals surface area contributed by atoms with Gasteiger partial charge in [-0.1, -0.05) is 19.9 Å². The molecule has 40 heavy (non-hydrogen) atoms. The van der Waals surface area contributed by atoms with Crippen LogP contribution in [-0.4, -0.2) is 33.6 Å². The van der Waals surface area contributed by atoms with Crippen LogP contribution < -0.4 is 10.6 Å². The molecule has 0 radical (unpaired) electrons. The number of nitrogen functional groups attached to an aromatic ring is 1. The Balaban J connectivity index is 0.00000158. The lowest BCUT2D eigenvalue weighted by molar-refractivity contribution is -0.137. The molecule has 0 atom stereocenters. The van der Waals surface area contributed by atoms with E-state index in [0.29, 0.717) is 40.6 Å². The van der Waals surface area contributed by atoms with Crippen molar-refractivity contribution in [2.45, 2.75) is 26.4 Å². The first-order chi connectivity index (χ1) is 19.0. The molecule has 1 aliphatic rings. The van der Waals surface area contributed by atoms with Crippen LogP contribution in [-0.2, 0) is 19.6 Å². The molecule has 0 amide bonds. The van der Waals surface area contributed by atoms with Gasteiger partial charge in [-0.2, -0.15) is 18.3 Å². The summed E-state index contributed by atoms with van der Waals surface area (Å²) < 4.78 is 74.8. The summed E-state index contributed by atoms with van der Waals surface area (Å²) in [4.78, 5) is 15.2. The van der Waals surface area contributed by atoms with Crippen molar-refractivity contribution in [2.24, 2.45) is 7.05 Å². The minimum Gasteiger partial charge on any atom is -0.394 e. The van der Waals surface area contributed by atoms with E-state index >= 15 is 0 Å². The van der Waals surface area contributed by atoms with Crippen molar-refractivity contribution >= 4 is 33.6 Å². The highest BCUT2D eigenvalue weighted by atomic mass is 19.4. The number of benzene rings is 2. The third-order valence-electron chi connectivity index (χ3n) is 7.14. The molecule has 208 valence electrons. The quantitative estimate of drug-likeness (QED) is 0.151. The summed E-state index contributed by atoms with van der Waals surface area (Å²) in [5, 5.41) is 4.76. The Morgan fingerprint density at radius 1 is 1.05 bits per heavy atom. The number of likely N-dealkylation sites (N-methyl/N-ethyl adjacent to an activating group) is 1. The Bertz CT molecular complexity index is 1780. The van der Waals surface area contributed by atoms with Crippen molar-refractivity contribution in [1.29, 1.82) is 0 Å². The van der Waals surface area contributed by atoms with E-state index < -0.39 is 34.8 Å².